The van der Waals surface area contributed by atoms with E-state index >= 15 is 0 Å². The van der Waals surface area contributed by atoms with Crippen molar-refractivity contribution in [1.82, 2.24) is 26.4 Å². The van der Waals surface area contributed by atoms with Crippen LogP contribution in [0.3, 0.4) is 0 Å². The number of ether oxygens (including phenoxy) is 6. The quantitative estimate of drug-likeness (QED) is 0.0251. The van der Waals surface area contributed by atoms with E-state index in [1.165, 1.54) is 53.6 Å². The molecule has 0 aromatic rings. The zero-order valence-corrected chi connectivity index (χ0v) is 60.8. The van der Waals surface area contributed by atoms with Crippen molar-refractivity contribution in [3.63, 3.8) is 0 Å². The fourth-order valence-electron chi connectivity index (χ4n) is 11.2. The molecule has 2 aliphatic heterocycles. The van der Waals surface area contributed by atoms with Crippen LogP contribution in [-0.4, -0.2) is 184 Å². The van der Waals surface area contributed by atoms with Crippen LogP contribution < -0.4 is 37.8 Å². The van der Waals surface area contributed by atoms with Gasteiger partial charge in [0.15, 0.2) is 12.2 Å². The first-order valence-electron chi connectivity index (χ1n) is 32.6. The molecule has 4 bridgehead atoms. The van der Waals surface area contributed by atoms with Gasteiger partial charge in [-0.1, -0.05) is 76.3 Å². The lowest BCUT2D eigenvalue weighted by Gasteiger charge is -2.30. The van der Waals surface area contributed by atoms with Crippen LogP contribution in [0.2, 0.25) is 0 Å². The molecular weight excluding hydrogens is 1330 g/mol. The van der Waals surface area contributed by atoms with Gasteiger partial charge in [-0.05, 0) is 109 Å². The summed E-state index contributed by atoms with van der Waals surface area (Å²) >= 11 is 0. The number of aliphatic hydroxyl groups is 2. The van der Waals surface area contributed by atoms with Gasteiger partial charge in [0.05, 0.1) is 67.0 Å². The van der Waals surface area contributed by atoms with Gasteiger partial charge in [0, 0.05) is 94.4 Å². The molecule has 0 saturated carbocycles. The molecular formula is C67H103N7O23P2. The van der Waals surface area contributed by atoms with Crippen molar-refractivity contribution < 1.29 is 109 Å². The van der Waals surface area contributed by atoms with Gasteiger partial charge in [-0.2, -0.15) is 0 Å². The number of hydrogen-bond acceptors (Lipinski definition) is 23. The second kappa shape index (κ2) is 42.4. The summed E-state index contributed by atoms with van der Waals surface area (Å²) in [4.78, 5) is 122. The van der Waals surface area contributed by atoms with Crippen molar-refractivity contribution in [1.29, 1.82) is 0 Å². The summed E-state index contributed by atoms with van der Waals surface area (Å²) in [6, 6.07) is 0. The van der Waals surface area contributed by atoms with Crippen LogP contribution in [-0.2, 0) is 79.9 Å². The van der Waals surface area contributed by atoms with Crippen molar-refractivity contribution in [2.24, 2.45) is 35.1 Å². The smallest absolute Gasteiger partial charge is 0.439 e. The summed E-state index contributed by atoms with van der Waals surface area (Å²) in [6.45, 7) is 18.1. The van der Waals surface area contributed by atoms with Gasteiger partial charge in [0.1, 0.15) is 12.2 Å². The molecule has 0 unspecified atom stereocenters. The fraction of sp³-hybridized carbons (Fsp3) is 0.582. The van der Waals surface area contributed by atoms with Crippen molar-refractivity contribution in [3.05, 3.63) is 117 Å². The third-order valence-electron chi connectivity index (χ3n) is 16.3. The van der Waals surface area contributed by atoms with E-state index in [9.17, 15) is 57.7 Å². The zero-order valence-electron chi connectivity index (χ0n) is 59.0. The Morgan fingerprint density at radius 1 is 0.586 bits per heavy atom. The van der Waals surface area contributed by atoms with E-state index in [4.69, 9.17) is 58.7 Å². The van der Waals surface area contributed by atoms with Crippen LogP contribution in [0.4, 0.5) is 9.59 Å². The minimum Gasteiger partial charge on any atom is -0.439 e. The number of unbranched alkanes of at least 4 members (excludes halogenated alkanes) is 1. The summed E-state index contributed by atoms with van der Waals surface area (Å²) in [5.41, 5.74) is 12.3. The van der Waals surface area contributed by atoms with E-state index in [-0.39, 0.29) is 109 Å². The van der Waals surface area contributed by atoms with Crippen molar-refractivity contribution in [2.75, 3.05) is 67.9 Å². The topological polar surface area (TPSA) is 447 Å². The number of nitrogens with two attached hydrogens (primary N) is 2. The summed E-state index contributed by atoms with van der Waals surface area (Å²) < 4.78 is 71.8. The number of carbonyl (C=O) groups excluding carboxylic acids is 8. The standard InChI is InChI=1S/C36H57N4O11P.C31H46N3O12P/c1-9-49-52(46,50-10-2)39-17-12-11-16-38-31-26-18-22(3)19-30(48-8)32(42)24(5)20-25(6)34(51-36(37)45)29(47-7)15-13-14-23(4)35(44)40-27(33(26)43)21-28(31)41;1-17-13-21-26(33-11-8-12-45-47(40,41)42)23(35)16-22(28(21)37)34-30(38)18(2)9-7-10-24(43-5)29(46-31(32)39)20(4)15-19(3)27(36)25(14-17)44-6/h13-15,20-22,24,29-30,32,34,38,42H,9-12,16-19H2,1-8H3,(H2,37,45)(H,39,46)(H,40,44);7,9-10,15-17,19,24-25,27,29,33,36H,8,11-14H2,1-6H3,(H2,32,39)(H,34,38)(H2,40,41,42)/b15-13-,23-14+,25-20+;10-7-,18-9+,20-15+/t22-,24+,29+,30+,32-,34+;17-,19+,24+,25+,27-,29+/m11/s1. The maximum atomic E-state index is 13.9. The van der Waals surface area contributed by atoms with Crippen LogP contribution in [0.1, 0.15) is 114 Å². The monoisotopic (exact) mass is 1440 g/mol. The number of fused-ring (bicyclic) bond motifs is 4. The van der Waals surface area contributed by atoms with E-state index in [1.807, 2.05) is 13.8 Å². The highest BCUT2D eigenvalue weighted by Crippen LogP contribution is 2.43. The summed E-state index contributed by atoms with van der Waals surface area (Å²) in [5, 5.41) is 36.6. The van der Waals surface area contributed by atoms with Gasteiger partial charge >= 0.3 is 27.8 Å². The molecule has 0 aromatic heterocycles. The molecule has 2 aliphatic carbocycles. The zero-order chi connectivity index (χ0) is 74.5. The Balaban J connectivity index is 0.000000518. The number of ketones is 4. The molecule has 30 nitrogen and oxygen atoms in total. The van der Waals surface area contributed by atoms with E-state index in [1.54, 1.807) is 78.8 Å². The number of methoxy groups -OCH3 is 4. The largest absolute Gasteiger partial charge is 0.469 e. The molecule has 0 radical (unpaired) electrons. The Morgan fingerprint density at radius 2 is 0.970 bits per heavy atom. The van der Waals surface area contributed by atoms with Gasteiger partial charge in [-0.3, -0.25) is 42.3 Å². The number of hydrogen-bond donors (Lipinski definition) is 11. The van der Waals surface area contributed by atoms with Gasteiger partial charge < -0.3 is 81.2 Å². The van der Waals surface area contributed by atoms with E-state index in [0.29, 0.717) is 43.5 Å². The van der Waals surface area contributed by atoms with Crippen molar-refractivity contribution in [3.8, 4) is 0 Å². The first kappa shape index (κ1) is 86.4. The molecule has 0 saturated heterocycles. The molecule has 0 fully saturated rings. The molecule has 32 heteroatoms. The summed E-state index contributed by atoms with van der Waals surface area (Å²) in [5.74, 6) is -4.95. The van der Waals surface area contributed by atoms with E-state index < -0.39 is 123 Å². The Morgan fingerprint density at radius 3 is 1.32 bits per heavy atom. The molecule has 554 valence electrons. The number of amides is 4. The number of Topliss-reactive ketones (excluding diaryl/α,β-unsaturated/α-hetero) is 2. The first-order valence-corrected chi connectivity index (χ1v) is 35.7. The molecule has 99 heavy (non-hydrogen) atoms. The second-order valence-electron chi connectivity index (χ2n) is 24.3. The molecule has 0 aromatic carbocycles. The Hall–Kier alpha value is -6.86. The Bertz CT molecular complexity index is 3260. The second-order valence-corrected chi connectivity index (χ2v) is 27.4. The number of primary amides is 2. The van der Waals surface area contributed by atoms with E-state index in [0.717, 1.165) is 12.2 Å². The highest BCUT2D eigenvalue weighted by molar-refractivity contribution is 7.51. The number of carbonyl (C=O) groups is 8. The lowest BCUT2D eigenvalue weighted by molar-refractivity contribution is -0.120. The van der Waals surface area contributed by atoms with Gasteiger partial charge in [-0.15, -0.1) is 0 Å². The highest BCUT2D eigenvalue weighted by atomic mass is 31.2. The van der Waals surface area contributed by atoms with Crippen molar-refractivity contribution in [2.45, 2.75) is 163 Å². The number of phosphoric ester groups is 1. The predicted octanol–water partition coefficient (Wildman–Crippen LogP) is 5.75. The minimum atomic E-state index is -4.67. The highest BCUT2D eigenvalue weighted by Gasteiger charge is 2.37. The Labute approximate surface area is 579 Å². The normalized spacial score (nSPS) is 29.1. The molecule has 4 amide bonds. The third-order valence-corrected chi connectivity index (χ3v) is 18.6. The predicted molar refractivity (Wildman–Crippen MR) is 366 cm³/mol. The molecule has 2 heterocycles. The number of rotatable bonds is 23. The molecule has 0 spiro atoms. The van der Waals surface area contributed by atoms with Gasteiger partial charge in [-0.25, -0.2) is 23.8 Å². The average Bonchev–Trinajstić information content (AvgIpc) is 1.01. The van der Waals surface area contributed by atoms with Gasteiger partial charge in [0.25, 0.3) is 11.8 Å². The number of phosphoric acid groups is 1. The van der Waals surface area contributed by atoms with E-state index in [2.05, 4.69) is 30.9 Å². The number of aliphatic hydroxyl groups excluding tert-OH is 2. The minimum absolute atomic E-state index is 0.00957. The fourth-order valence-corrected chi connectivity index (χ4v) is 12.9. The molecule has 13 N–H and O–H groups in total. The molecule has 4 aliphatic rings. The SMILES string of the molecule is CCOP(=O)(NCCCCNC1=C2C[C@@H](C)C[C@H](OC)[C@H](O)[C@@H](C)/C=C(\C)[C@H](OC(N)=O)[C@@H](OC)/C=C\C=C(/C)C(=O)NC(=CC1=O)C2=O)OCC.CO[C@H]1/C=C\C=C(/C)C(=O)NC2=CC(=O)C(NCCCOP(=O)(O)O)=C(C[C@@H](C)C[C@H](OC)[C@H](O)[C@@H](C)/C=C(\C)[C@@H]1OC(N)=O)C2=O. The lowest BCUT2D eigenvalue weighted by Crippen LogP contribution is -2.38. The van der Waals surface area contributed by atoms with Crippen molar-refractivity contribution >= 4 is 62.7 Å². The average molecular weight is 1440 g/mol. The lowest BCUT2D eigenvalue weighted by atomic mass is 9.85. The number of nitrogens with one attached hydrogen (secondary N) is 5. The maximum absolute atomic E-state index is 13.9. The maximum Gasteiger partial charge on any atom is 0.469 e. The third kappa shape index (κ3) is 28.2. The first-order chi connectivity index (χ1) is 46.6. The molecule has 4 rings (SSSR count). The van der Waals surface area contributed by atoms with Crippen LogP contribution in [0.15, 0.2) is 117 Å². The van der Waals surface area contributed by atoms with Crippen LogP contribution in [0, 0.1) is 23.7 Å². The summed E-state index contributed by atoms with van der Waals surface area (Å²) in [6.07, 6.45) is 7.76. The Kier molecular flexibility index (Phi) is 37.0. The number of allylic oxidation sites excluding steroid dienone is 8. The summed E-state index contributed by atoms with van der Waals surface area (Å²) in [7, 11) is -2.32. The van der Waals surface area contributed by atoms with Crippen LogP contribution in [0.5, 0.6) is 0 Å². The van der Waals surface area contributed by atoms with Crippen LogP contribution >= 0.6 is 15.6 Å². The van der Waals surface area contributed by atoms with Gasteiger partial charge in [0.2, 0.25) is 23.1 Å². The van der Waals surface area contributed by atoms with Crippen LogP contribution in [0.25, 0.3) is 0 Å². The molecule has 12 atom stereocenters.